The second-order valence-electron chi connectivity index (χ2n) is 10.6. The molecule has 0 unspecified atom stereocenters. The summed E-state index contributed by atoms with van der Waals surface area (Å²) in [6, 6.07) is 11.9. The summed E-state index contributed by atoms with van der Waals surface area (Å²) < 4.78 is 3.35. The third kappa shape index (κ3) is 4.77. The smallest absolute Gasteiger partial charge is 0.278 e. The second kappa shape index (κ2) is 10.2. The minimum Gasteiger partial charge on any atom is -0.395 e. The molecular weight excluding hydrogens is 480 g/mol. The van der Waals surface area contributed by atoms with Crippen molar-refractivity contribution in [2.75, 3.05) is 50.1 Å². The first kappa shape index (κ1) is 25.9. The van der Waals surface area contributed by atoms with E-state index in [1.54, 1.807) is 15.6 Å². The van der Waals surface area contributed by atoms with Gasteiger partial charge in [0.25, 0.3) is 5.56 Å². The van der Waals surface area contributed by atoms with E-state index in [-0.39, 0.29) is 12.2 Å². The number of aliphatic hydroxyl groups is 1. The molecule has 1 aliphatic heterocycles. The molecular formula is C28H36N8O2. The largest absolute Gasteiger partial charge is 0.395 e. The van der Waals surface area contributed by atoms with Crippen LogP contribution >= 0.6 is 0 Å². The molecule has 1 saturated heterocycles. The molecule has 1 fully saturated rings. The van der Waals surface area contributed by atoms with Crippen LogP contribution in [-0.2, 0) is 12.0 Å². The fourth-order valence-electron chi connectivity index (χ4n) is 4.87. The fourth-order valence-corrected chi connectivity index (χ4v) is 4.87. The zero-order chi connectivity index (χ0) is 27.0. The van der Waals surface area contributed by atoms with Gasteiger partial charge in [0, 0.05) is 55.7 Å². The Kier molecular flexibility index (Phi) is 6.93. The van der Waals surface area contributed by atoms with E-state index in [0.717, 1.165) is 37.6 Å². The van der Waals surface area contributed by atoms with Crippen molar-refractivity contribution >= 4 is 28.4 Å². The van der Waals surface area contributed by atoms with Crippen molar-refractivity contribution in [2.45, 2.75) is 39.7 Å². The summed E-state index contributed by atoms with van der Waals surface area (Å²) >= 11 is 0. The fraction of sp³-hybridized carbons (Fsp3) is 0.429. The lowest BCUT2D eigenvalue weighted by Gasteiger charge is -2.35. The molecule has 0 aliphatic carbocycles. The number of nitrogens with zero attached hydrogens (tertiary/aromatic N) is 7. The summed E-state index contributed by atoms with van der Waals surface area (Å²) in [5.74, 6) is 0.966. The monoisotopic (exact) mass is 516 g/mol. The molecule has 4 aromatic rings. The van der Waals surface area contributed by atoms with E-state index >= 15 is 0 Å². The third-order valence-corrected chi connectivity index (χ3v) is 7.31. The highest BCUT2D eigenvalue weighted by Gasteiger charge is 2.23. The highest BCUT2D eigenvalue weighted by molar-refractivity contribution is 5.77. The number of likely N-dealkylation sites (N-methyl/N-ethyl adjacent to an activating group) is 1. The van der Waals surface area contributed by atoms with Gasteiger partial charge in [-0.2, -0.15) is 4.98 Å². The number of piperazine rings is 1. The van der Waals surface area contributed by atoms with Crippen molar-refractivity contribution in [3.8, 4) is 5.82 Å². The van der Waals surface area contributed by atoms with Crippen LogP contribution in [0.3, 0.4) is 0 Å². The van der Waals surface area contributed by atoms with Crippen LogP contribution in [0.5, 0.6) is 0 Å². The van der Waals surface area contributed by atoms with E-state index in [0.29, 0.717) is 29.3 Å². The molecule has 0 spiro atoms. The lowest BCUT2D eigenvalue weighted by molar-refractivity contribution is 0.215. The predicted molar refractivity (Wildman–Crippen MR) is 151 cm³/mol. The van der Waals surface area contributed by atoms with Crippen LogP contribution in [0.2, 0.25) is 0 Å². The van der Waals surface area contributed by atoms with E-state index in [9.17, 15) is 9.90 Å². The molecule has 1 aliphatic rings. The maximum atomic E-state index is 13.2. The van der Waals surface area contributed by atoms with Crippen molar-refractivity contribution in [1.29, 1.82) is 0 Å². The Balaban J connectivity index is 1.50. The Bertz CT molecular complexity index is 1520. The van der Waals surface area contributed by atoms with Crippen LogP contribution in [0, 0.1) is 6.92 Å². The van der Waals surface area contributed by atoms with Crippen molar-refractivity contribution < 1.29 is 5.11 Å². The quantitative estimate of drug-likeness (QED) is 0.386. The Morgan fingerprint density at radius 3 is 2.53 bits per heavy atom. The van der Waals surface area contributed by atoms with E-state index < -0.39 is 5.41 Å². The van der Waals surface area contributed by atoms with Crippen molar-refractivity contribution in [3.05, 3.63) is 64.2 Å². The van der Waals surface area contributed by atoms with Gasteiger partial charge < -0.3 is 20.2 Å². The predicted octanol–water partition coefficient (Wildman–Crippen LogP) is 3.07. The molecule has 4 heterocycles. The number of hydrogen-bond donors (Lipinski definition) is 2. The number of nitrogens with one attached hydrogen (secondary N) is 1. The molecule has 5 rings (SSSR count). The zero-order valence-corrected chi connectivity index (χ0v) is 22.8. The Hall–Kier alpha value is -3.76. The van der Waals surface area contributed by atoms with Gasteiger partial charge in [-0.25, -0.2) is 19.3 Å². The first-order chi connectivity index (χ1) is 18.2. The zero-order valence-electron chi connectivity index (χ0n) is 22.8. The Labute approximate surface area is 222 Å². The van der Waals surface area contributed by atoms with Gasteiger partial charge in [-0.15, -0.1) is 0 Å². The number of rotatable bonds is 7. The van der Waals surface area contributed by atoms with Crippen LogP contribution in [0.15, 0.2) is 47.4 Å². The molecule has 0 saturated carbocycles. The molecule has 2 N–H and O–H groups in total. The first-order valence-electron chi connectivity index (χ1n) is 13.1. The Morgan fingerprint density at radius 2 is 1.84 bits per heavy atom. The number of fused-ring (bicyclic) bond motifs is 1. The van der Waals surface area contributed by atoms with Gasteiger partial charge in [0.1, 0.15) is 5.39 Å². The van der Waals surface area contributed by atoms with E-state index in [4.69, 9.17) is 9.97 Å². The highest BCUT2D eigenvalue weighted by Crippen LogP contribution is 2.27. The number of aliphatic hydroxyl groups excluding tert-OH is 1. The summed E-state index contributed by atoms with van der Waals surface area (Å²) in [6.45, 7) is 12.4. The molecule has 0 radical (unpaired) electrons. The van der Waals surface area contributed by atoms with Gasteiger partial charge in [0.05, 0.1) is 12.3 Å². The average Bonchev–Trinajstić information content (AvgIpc) is 3.20. The van der Waals surface area contributed by atoms with Gasteiger partial charge >= 0.3 is 0 Å². The minimum absolute atomic E-state index is 0.0419. The molecule has 3 aromatic heterocycles. The van der Waals surface area contributed by atoms with Crippen LogP contribution in [0.4, 0.5) is 17.3 Å². The minimum atomic E-state index is -0.522. The van der Waals surface area contributed by atoms with Crippen LogP contribution in [0.25, 0.3) is 16.9 Å². The molecule has 0 atom stereocenters. The van der Waals surface area contributed by atoms with Crippen LogP contribution < -0.4 is 15.8 Å². The molecule has 10 nitrogen and oxygen atoms in total. The van der Waals surface area contributed by atoms with Crippen LogP contribution in [0.1, 0.15) is 32.0 Å². The number of hydrogen-bond acceptors (Lipinski definition) is 8. The average molecular weight is 517 g/mol. The summed E-state index contributed by atoms with van der Waals surface area (Å²) in [7, 11) is 2.16. The maximum absolute atomic E-state index is 13.2. The van der Waals surface area contributed by atoms with E-state index in [2.05, 4.69) is 46.2 Å². The van der Waals surface area contributed by atoms with E-state index in [1.165, 1.54) is 11.3 Å². The van der Waals surface area contributed by atoms with Gasteiger partial charge in [0.15, 0.2) is 11.5 Å². The molecule has 10 heteroatoms. The summed E-state index contributed by atoms with van der Waals surface area (Å²) in [6.07, 6.45) is 1.57. The summed E-state index contributed by atoms with van der Waals surface area (Å²) in [4.78, 5) is 31.9. The summed E-state index contributed by atoms with van der Waals surface area (Å²) in [5.41, 5.74) is 3.83. The SMILES string of the molecule is CCn1c(=O)c2cnc(Nc3ccc(N4CCN(C)CC4)c(C)c3)nc2n1-c1cccc(C(C)(C)CO)n1. The lowest BCUT2D eigenvalue weighted by atomic mass is 9.90. The van der Waals surface area contributed by atoms with Crippen LogP contribution in [-0.4, -0.2) is 74.2 Å². The van der Waals surface area contributed by atoms with Gasteiger partial charge in [-0.05, 0) is 56.8 Å². The number of aryl methyl sites for hydroxylation is 1. The molecule has 200 valence electrons. The van der Waals surface area contributed by atoms with Gasteiger partial charge in [-0.1, -0.05) is 19.9 Å². The second-order valence-corrected chi connectivity index (χ2v) is 10.6. The lowest BCUT2D eigenvalue weighted by Crippen LogP contribution is -2.44. The summed E-state index contributed by atoms with van der Waals surface area (Å²) in [5, 5.41) is 13.6. The van der Waals surface area contributed by atoms with Crippen molar-refractivity contribution in [1.82, 2.24) is 29.2 Å². The normalized spacial score (nSPS) is 14.8. The van der Waals surface area contributed by atoms with Gasteiger partial charge in [0.2, 0.25) is 5.95 Å². The maximum Gasteiger partial charge on any atom is 0.278 e. The number of anilines is 3. The first-order valence-corrected chi connectivity index (χ1v) is 13.1. The van der Waals surface area contributed by atoms with E-state index in [1.807, 2.05) is 45.0 Å². The molecule has 1 aromatic carbocycles. The van der Waals surface area contributed by atoms with Crippen molar-refractivity contribution in [3.63, 3.8) is 0 Å². The van der Waals surface area contributed by atoms with Crippen molar-refractivity contribution in [2.24, 2.45) is 0 Å². The Morgan fingerprint density at radius 1 is 1.08 bits per heavy atom. The van der Waals surface area contributed by atoms with Gasteiger partial charge in [-0.3, -0.25) is 4.79 Å². The third-order valence-electron chi connectivity index (χ3n) is 7.31. The number of benzene rings is 1. The molecule has 0 bridgehead atoms. The standard InChI is InChI=1S/C28H36N8O2/c1-6-35-26(38)21-17-29-27(30-20-10-11-22(19(2)16-20)34-14-12-33(5)13-15-34)32-25(21)36(35)24-9-7-8-23(31-24)28(3,4)18-37/h7-11,16-17,37H,6,12-15,18H2,1-5H3,(H,29,30,32). The molecule has 38 heavy (non-hydrogen) atoms. The molecule has 0 amide bonds. The number of aromatic nitrogens is 5. The highest BCUT2D eigenvalue weighted by atomic mass is 16.3. The topological polar surface area (TPSA) is 104 Å². The number of pyridine rings is 1.